The molecule has 0 heterocycles. The molecule has 0 aliphatic heterocycles. The van der Waals surface area contributed by atoms with Crippen LogP contribution in [0.15, 0.2) is 24.3 Å². The number of aliphatic hydroxyl groups excluding tert-OH is 2. The van der Waals surface area contributed by atoms with Crippen molar-refractivity contribution in [1.29, 1.82) is 0 Å². The van der Waals surface area contributed by atoms with Gasteiger partial charge in [0.2, 0.25) is 5.91 Å². The van der Waals surface area contributed by atoms with Crippen LogP contribution in [0.4, 0.5) is 0 Å². The van der Waals surface area contributed by atoms with Crippen molar-refractivity contribution in [2.24, 2.45) is 0 Å². The Morgan fingerprint density at radius 2 is 0.617 bits per heavy atom. The van der Waals surface area contributed by atoms with Crippen LogP contribution >= 0.6 is 0 Å². The number of aliphatic hydroxyl groups is 2. The molecule has 0 rings (SSSR count). The maximum atomic E-state index is 12.5. The van der Waals surface area contributed by atoms with Crippen molar-refractivity contribution in [3.8, 4) is 0 Å². The van der Waals surface area contributed by atoms with Crippen LogP contribution in [-0.2, 0) is 14.3 Å². The lowest BCUT2D eigenvalue weighted by molar-refractivity contribution is -0.143. The van der Waals surface area contributed by atoms with Gasteiger partial charge >= 0.3 is 5.97 Å². The van der Waals surface area contributed by atoms with E-state index in [4.69, 9.17) is 4.74 Å². The average Bonchev–Trinajstić information content (AvgIpc) is 3.47. The number of esters is 1. The number of hydrogen-bond donors (Lipinski definition) is 3. The van der Waals surface area contributed by atoms with Crippen LogP contribution in [-0.4, -0.2) is 47.4 Å². The van der Waals surface area contributed by atoms with Crippen molar-refractivity contribution in [3.63, 3.8) is 0 Å². The van der Waals surface area contributed by atoms with Crippen molar-refractivity contribution in [1.82, 2.24) is 5.32 Å². The van der Waals surface area contributed by atoms with E-state index in [0.29, 0.717) is 25.9 Å². The van der Waals surface area contributed by atoms with Crippen LogP contribution in [0, 0.1) is 0 Å². The summed E-state index contributed by atoms with van der Waals surface area (Å²) >= 11 is 0. The normalized spacial score (nSPS) is 12.6. The summed E-state index contributed by atoms with van der Waals surface area (Å²) in [6, 6.07) is -0.535. The van der Waals surface area contributed by atoms with E-state index in [1.807, 2.05) is 0 Å². The van der Waals surface area contributed by atoms with Gasteiger partial charge in [0, 0.05) is 12.8 Å². The smallest absolute Gasteiger partial charge is 0.305 e. The highest BCUT2D eigenvalue weighted by Crippen LogP contribution is 2.20. The van der Waals surface area contributed by atoms with Crippen molar-refractivity contribution < 1.29 is 24.5 Å². The highest BCUT2D eigenvalue weighted by atomic mass is 16.5. The molecular weight excluding hydrogens is 995 g/mol. The first kappa shape index (κ1) is 79.3. The van der Waals surface area contributed by atoms with Crippen molar-refractivity contribution in [3.05, 3.63) is 24.3 Å². The van der Waals surface area contributed by atoms with Crippen LogP contribution in [0.5, 0.6) is 0 Å². The summed E-state index contributed by atoms with van der Waals surface area (Å²) in [6.07, 6.45) is 89.8. The summed E-state index contributed by atoms with van der Waals surface area (Å²) in [7, 11) is 0. The molecule has 1 amide bonds. The lowest BCUT2D eigenvalue weighted by Gasteiger charge is -2.22. The topological polar surface area (TPSA) is 95.9 Å². The molecular formula is C75H145NO5. The lowest BCUT2D eigenvalue weighted by atomic mass is 10.0. The molecule has 6 heteroatoms. The first-order valence-electron chi connectivity index (χ1n) is 37.1. The van der Waals surface area contributed by atoms with Gasteiger partial charge in [0.1, 0.15) is 0 Å². The minimum absolute atomic E-state index is 0.00985. The standard InChI is InChI=1S/C75H145NO5/c1-3-5-7-9-11-13-15-17-41-45-49-53-57-61-65-69-75(80)81-70-66-62-58-54-50-46-43-40-38-36-34-32-30-28-26-24-22-20-18-19-21-23-25-27-29-31-33-35-37-39-42-44-48-52-56-60-64-68-74(79)76-72(71-77)73(78)67-63-59-55-51-47-16-14-12-10-8-6-4-2/h11,13,17,41,72-73,77-78H,3-10,12,14-16,18-40,42-71H2,1-2H3,(H,76,79)/b13-11-,41-17-. The molecule has 0 bridgehead atoms. The Kier molecular flexibility index (Phi) is 69.4. The average molecular weight is 1140 g/mol. The predicted octanol–water partition coefficient (Wildman–Crippen LogP) is 24.1. The van der Waals surface area contributed by atoms with E-state index in [9.17, 15) is 19.8 Å². The second-order valence-corrected chi connectivity index (χ2v) is 25.6. The highest BCUT2D eigenvalue weighted by Gasteiger charge is 2.20. The number of allylic oxidation sites excluding steroid dienone is 4. The van der Waals surface area contributed by atoms with E-state index in [1.54, 1.807) is 0 Å². The number of unbranched alkanes of at least 4 members (excludes halogenated alkanes) is 55. The van der Waals surface area contributed by atoms with Gasteiger partial charge in [-0.05, 0) is 57.8 Å². The summed E-state index contributed by atoms with van der Waals surface area (Å²) in [5, 5.41) is 23.3. The van der Waals surface area contributed by atoms with Crippen LogP contribution in [0.3, 0.4) is 0 Å². The maximum Gasteiger partial charge on any atom is 0.305 e. The first-order valence-corrected chi connectivity index (χ1v) is 37.1. The molecule has 0 saturated heterocycles. The first-order chi connectivity index (χ1) is 40.0. The predicted molar refractivity (Wildman–Crippen MR) is 356 cm³/mol. The number of amides is 1. The Morgan fingerprint density at radius 3 is 0.963 bits per heavy atom. The maximum absolute atomic E-state index is 12.5. The zero-order valence-electron chi connectivity index (χ0n) is 55.0. The van der Waals surface area contributed by atoms with Crippen molar-refractivity contribution >= 4 is 11.9 Å². The molecule has 6 nitrogen and oxygen atoms in total. The van der Waals surface area contributed by atoms with Crippen LogP contribution < -0.4 is 5.32 Å². The number of nitrogens with one attached hydrogen (secondary N) is 1. The molecule has 2 unspecified atom stereocenters. The Hall–Kier alpha value is -1.66. The van der Waals surface area contributed by atoms with E-state index >= 15 is 0 Å². The number of carbonyl (C=O) groups is 2. The molecule has 0 aromatic carbocycles. The molecule has 0 aliphatic rings. The Balaban J connectivity index is 3.28. The molecule has 0 aromatic rings. The molecule has 0 radical (unpaired) electrons. The second-order valence-electron chi connectivity index (χ2n) is 25.6. The third kappa shape index (κ3) is 67.3. The fourth-order valence-electron chi connectivity index (χ4n) is 11.9. The van der Waals surface area contributed by atoms with E-state index in [1.165, 1.54) is 334 Å². The summed E-state index contributed by atoms with van der Waals surface area (Å²) in [6.45, 7) is 4.95. The Bertz CT molecular complexity index is 1270. The number of rotatable bonds is 70. The molecule has 0 aliphatic carbocycles. The minimum atomic E-state index is -0.658. The molecule has 3 N–H and O–H groups in total. The van der Waals surface area contributed by atoms with Gasteiger partial charge < -0.3 is 20.3 Å². The third-order valence-corrected chi connectivity index (χ3v) is 17.5. The van der Waals surface area contributed by atoms with Gasteiger partial charge in [0.15, 0.2) is 0 Å². The zero-order valence-corrected chi connectivity index (χ0v) is 55.0. The lowest BCUT2D eigenvalue weighted by Crippen LogP contribution is -2.45. The van der Waals surface area contributed by atoms with E-state index in [0.717, 1.165) is 51.4 Å². The van der Waals surface area contributed by atoms with Crippen molar-refractivity contribution in [2.45, 2.75) is 431 Å². The van der Waals surface area contributed by atoms with Crippen LogP contribution in [0.2, 0.25) is 0 Å². The van der Waals surface area contributed by atoms with Gasteiger partial charge in [-0.15, -0.1) is 0 Å². The number of carbonyl (C=O) groups excluding carboxylic acids is 2. The molecule has 0 spiro atoms. The molecule has 81 heavy (non-hydrogen) atoms. The van der Waals surface area contributed by atoms with Crippen LogP contribution in [0.1, 0.15) is 418 Å². The summed E-state index contributed by atoms with van der Waals surface area (Å²) in [4.78, 5) is 24.6. The fourth-order valence-corrected chi connectivity index (χ4v) is 11.9. The molecule has 0 fully saturated rings. The van der Waals surface area contributed by atoms with Crippen LogP contribution in [0.25, 0.3) is 0 Å². The summed E-state index contributed by atoms with van der Waals surface area (Å²) in [5.74, 6) is -0.0176. The second kappa shape index (κ2) is 70.8. The van der Waals surface area contributed by atoms with Gasteiger partial charge in [0.25, 0.3) is 0 Å². The molecule has 2 atom stereocenters. The SMILES string of the molecule is CCCCC/C=C\C/C=C\CCCCCCCC(=O)OCCCCCCCCCCCCCCCCCCCCCCCCCCCCCCCCCCCCCCCC(=O)NC(CO)C(O)CCCCCCCCCCCCCC. The number of hydrogen-bond acceptors (Lipinski definition) is 5. The Morgan fingerprint density at radius 1 is 0.346 bits per heavy atom. The number of ether oxygens (including phenoxy) is 1. The quantitative estimate of drug-likeness (QED) is 0.0320. The fraction of sp³-hybridized carbons (Fsp3) is 0.920. The Labute approximate surface area is 507 Å². The van der Waals surface area contributed by atoms with Gasteiger partial charge in [-0.25, -0.2) is 0 Å². The van der Waals surface area contributed by atoms with Gasteiger partial charge in [-0.3, -0.25) is 9.59 Å². The monoisotopic (exact) mass is 1140 g/mol. The van der Waals surface area contributed by atoms with E-state index in [2.05, 4.69) is 43.5 Å². The zero-order chi connectivity index (χ0) is 58.5. The molecule has 0 aromatic heterocycles. The summed E-state index contributed by atoms with van der Waals surface area (Å²) < 4.78 is 5.49. The van der Waals surface area contributed by atoms with Crippen molar-refractivity contribution in [2.75, 3.05) is 13.2 Å². The molecule has 0 saturated carbocycles. The van der Waals surface area contributed by atoms with Gasteiger partial charge in [0.05, 0.1) is 25.4 Å². The van der Waals surface area contributed by atoms with Gasteiger partial charge in [-0.2, -0.15) is 0 Å². The van der Waals surface area contributed by atoms with Gasteiger partial charge in [-0.1, -0.05) is 372 Å². The minimum Gasteiger partial charge on any atom is -0.466 e. The largest absolute Gasteiger partial charge is 0.466 e. The third-order valence-electron chi connectivity index (χ3n) is 17.5. The molecule has 480 valence electrons. The summed E-state index contributed by atoms with van der Waals surface area (Å²) in [5.41, 5.74) is 0. The van der Waals surface area contributed by atoms with E-state index in [-0.39, 0.29) is 18.5 Å². The highest BCUT2D eigenvalue weighted by molar-refractivity contribution is 5.76. The van der Waals surface area contributed by atoms with E-state index < -0.39 is 12.1 Å².